The van der Waals surface area contributed by atoms with Crippen LogP contribution in [0.15, 0.2) is 54.7 Å². The highest BCUT2D eigenvalue weighted by Gasteiger charge is 2.28. The van der Waals surface area contributed by atoms with Crippen LogP contribution in [0.1, 0.15) is 37.4 Å². The Balaban J connectivity index is 1.33. The lowest BCUT2D eigenvalue weighted by atomic mass is 10.0. The standard InChI is InChI=1S/C27H19F3N4O4/c28-22-5-1-16(12-23-20-13-18(37-27(29)30)3-4-19(20)26(36)38-23)11-21(22)25(35)34-9-7-33(8-10-34)24-6-2-17(14-31)15-32-24/h1-6,11-13,15,27H,7-10H2. The van der Waals surface area contributed by atoms with Crippen molar-refractivity contribution in [3.63, 3.8) is 0 Å². The van der Waals surface area contributed by atoms with Crippen LogP contribution in [0.25, 0.3) is 11.8 Å². The van der Waals surface area contributed by atoms with E-state index in [-0.39, 0.29) is 28.2 Å². The van der Waals surface area contributed by atoms with Gasteiger partial charge in [0.25, 0.3) is 5.91 Å². The molecule has 8 nitrogen and oxygen atoms in total. The molecule has 0 saturated carbocycles. The number of hydrogen-bond acceptors (Lipinski definition) is 7. The molecule has 1 aromatic heterocycles. The Kier molecular flexibility index (Phi) is 6.70. The van der Waals surface area contributed by atoms with Gasteiger partial charge in [0, 0.05) is 37.9 Å². The minimum atomic E-state index is -3.04. The number of hydrogen-bond donors (Lipinski definition) is 0. The van der Waals surface area contributed by atoms with E-state index < -0.39 is 24.3 Å². The molecule has 0 radical (unpaired) electrons. The number of halogens is 3. The van der Waals surface area contributed by atoms with Crippen molar-refractivity contribution >= 4 is 29.5 Å². The lowest BCUT2D eigenvalue weighted by Crippen LogP contribution is -2.49. The molecule has 2 aromatic carbocycles. The number of nitrogens with zero attached hydrogens (tertiary/aromatic N) is 4. The van der Waals surface area contributed by atoms with E-state index in [1.54, 1.807) is 12.1 Å². The largest absolute Gasteiger partial charge is 0.435 e. The van der Waals surface area contributed by atoms with Crippen LogP contribution in [0, 0.1) is 17.1 Å². The van der Waals surface area contributed by atoms with Crippen molar-refractivity contribution in [3.8, 4) is 11.8 Å². The second kappa shape index (κ2) is 10.3. The number of piperazine rings is 1. The van der Waals surface area contributed by atoms with Gasteiger partial charge >= 0.3 is 12.6 Å². The number of fused-ring (bicyclic) bond motifs is 1. The molecule has 0 aliphatic carbocycles. The number of nitriles is 1. The smallest absolute Gasteiger partial charge is 0.387 e. The summed E-state index contributed by atoms with van der Waals surface area (Å²) in [4.78, 5) is 33.1. The summed E-state index contributed by atoms with van der Waals surface area (Å²) in [6.07, 6.45) is 2.91. The molecule has 2 aliphatic heterocycles. The number of carbonyl (C=O) groups excluding carboxylic acids is 2. The van der Waals surface area contributed by atoms with Gasteiger partial charge in [-0.25, -0.2) is 14.2 Å². The van der Waals surface area contributed by atoms with Crippen molar-refractivity contribution < 1.29 is 32.2 Å². The summed E-state index contributed by atoms with van der Waals surface area (Å²) in [5.41, 5.74) is 1.10. The summed E-state index contributed by atoms with van der Waals surface area (Å²) in [5, 5.41) is 8.92. The number of esters is 1. The predicted octanol–water partition coefficient (Wildman–Crippen LogP) is 4.32. The van der Waals surface area contributed by atoms with Crippen molar-refractivity contribution in [1.82, 2.24) is 9.88 Å². The third-order valence-electron chi connectivity index (χ3n) is 6.19. The Bertz CT molecular complexity index is 1480. The van der Waals surface area contributed by atoms with Crippen molar-refractivity contribution in [3.05, 3.63) is 88.4 Å². The van der Waals surface area contributed by atoms with Gasteiger partial charge in [0.15, 0.2) is 0 Å². The third-order valence-corrected chi connectivity index (χ3v) is 6.19. The fraction of sp³-hybridized carbons (Fsp3) is 0.185. The summed E-state index contributed by atoms with van der Waals surface area (Å²) in [7, 11) is 0. The van der Waals surface area contributed by atoms with E-state index in [9.17, 15) is 22.8 Å². The van der Waals surface area contributed by atoms with Gasteiger partial charge in [-0.3, -0.25) is 4.79 Å². The average molecular weight is 520 g/mol. The number of rotatable bonds is 5. The first-order valence-corrected chi connectivity index (χ1v) is 11.6. The molecular weight excluding hydrogens is 501 g/mol. The lowest BCUT2D eigenvalue weighted by molar-refractivity contribution is -0.0498. The molecular formula is C27H19F3N4O4. The maximum Gasteiger partial charge on any atom is 0.387 e. The zero-order valence-electron chi connectivity index (χ0n) is 19.7. The molecule has 0 spiro atoms. The fourth-order valence-corrected chi connectivity index (χ4v) is 4.29. The quantitative estimate of drug-likeness (QED) is 0.463. The number of cyclic esters (lactones) is 1. The van der Waals surface area contributed by atoms with E-state index in [1.807, 2.05) is 11.0 Å². The first kappa shape index (κ1) is 24.8. The van der Waals surface area contributed by atoms with Gasteiger partial charge in [0.05, 0.1) is 16.7 Å². The third kappa shape index (κ3) is 5.01. The fourth-order valence-electron chi connectivity index (χ4n) is 4.29. The Labute approximate surface area is 215 Å². The van der Waals surface area contributed by atoms with Gasteiger partial charge in [0.2, 0.25) is 0 Å². The van der Waals surface area contributed by atoms with Crippen molar-refractivity contribution in [2.24, 2.45) is 0 Å². The highest BCUT2D eigenvalue weighted by atomic mass is 19.3. The van der Waals surface area contributed by atoms with E-state index in [4.69, 9.17) is 10.00 Å². The van der Waals surface area contributed by atoms with Crippen molar-refractivity contribution in [2.75, 3.05) is 31.1 Å². The van der Waals surface area contributed by atoms with E-state index in [2.05, 4.69) is 9.72 Å². The normalized spacial score (nSPS) is 15.9. The number of amides is 1. The summed E-state index contributed by atoms with van der Waals surface area (Å²) in [5.74, 6) is -1.25. The molecule has 11 heteroatoms. The van der Waals surface area contributed by atoms with Crippen molar-refractivity contribution in [1.29, 1.82) is 5.26 Å². The second-order valence-corrected chi connectivity index (χ2v) is 8.52. The molecule has 1 amide bonds. The van der Waals surface area contributed by atoms with E-state index in [1.165, 1.54) is 47.5 Å². The van der Waals surface area contributed by atoms with Crippen LogP contribution in [0.5, 0.6) is 5.75 Å². The minimum Gasteiger partial charge on any atom is -0.435 e. The number of benzene rings is 2. The van der Waals surface area contributed by atoms with Gasteiger partial charge in [-0.2, -0.15) is 14.0 Å². The van der Waals surface area contributed by atoms with Gasteiger partial charge < -0.3 is 19.3 Å². The molecule has 0 atom stereocenters. The van der Waals surface area contributed by atoms with E-state index >= 15 is 0 Å². The number of alkyl halides is 2. The predicted molar refractivity (Wildman–Crippen MR) is 130 cm³/mol. The molecule has 0 unspecified atom stereocenters. The summed E-state index contributed by atoms with van der Waals surface area (Å²) in [6.45, 7) is -1.41. The molecule has 5 rings (SSSR count). The maximum atomic E-state index is 14.7. The van der Waals surface area contributed by atoms with Crippen LogP contribution >= 0.6 is 0 Å². The second-order valence-electron chi connectivity index (χ2n) is 8.52. The zero-order chi connectivity index (χ0) is 26.8. The highest BCUT2D eigenvalue weighted by Crippen LogP contribution is 2.34. The first-order valence-electron chi connectivity index (χ1n) is 11.6. The molecule has 1 fully saturated rings. The molecule has 0 N–H and O–H groups in total. The summed E-state index contributed by atoms with van der Waals surface area (Å²) < 4.78 is 49.6. The monoisotopic (exact) mass is 520 g/mol. The molecule has 0 bridgehead atoms. The van der Waals surface area contributed by atoms with Crippen LogP contribution in [0.2, 0.25) is 0 Å². The number of pyridine rings is 1. The Hall–Kier alpha value is -4.85. The van der Waals surface area contributed by atoms with Crippen molar-refractivity contribution in [2.45, 2.75) is 6.61 Å². The minimum absolute atomic E-state index is 0.0678. The van der Waals surface area contributed by atoms with E-state index in [0.29, 0.717) is 43.1 Å². The SMILES string of the molecule is N#Cc1ccc(N2CCN(C(=O)c3cc(C=C4OC(=O)c5ccc(OC(F)F)cc54)ccc3F)CC2)nc1. The Morgan fingerprint density at radius 2 is 1.87 bits per heavy atom. The van der Waals surface area contributed by atoms with Crippen LogP contribution in [0.3, 0.4) is 0 Å². The van der Waals surface area contributed by atoms with Gasteiger partial charge in [-0.15, -0.1) is 0 Å². The van der Waals surface area contributed by atoms with Crippen LogP contribution in [-0.4, -0.2) is 54.6 Å². The van der Waals surface area contributed by atoms with Crippen LogP contribution < -0.4 is 9.64 Å². The zero-order valence-corrected chi connectivity index (χ0v) is 19.7. The number of carbonyl (C=O) groups is 2. The molecule has 2 aliphatic rings. The lowest BCUT2D eigenvalue weighted by Gasteiger charge is -2.35. The van der Waals surface area contributed by atoms with Crippen LogP contribution in [-0.2, 0) is 4.74 Å². The average Bonchev–Trinajstić information content (AvgIpc) is 3.23. The highest BCUT2D eigenvalue weighted by molar-refractivity contribution is 6.06. The van der Waals surface area contributed by atoms with Gasteiger partial charge in [-0.05, 0) is 54.1 Å². The first-order chi connectivity index (χ1) is 18.3. The Morgan fingerprint density at radius 3 is 2.55 bits per heavy atom. The molecule has 1 saturated heterocycles. The summed E-state index contributed by atoms with van der Waals surface area (Å²) >= 11 is 0. The molecule has 192 valence electrons. The number of aromatic nitrogens is 1. The molecule has 3 heterocycles. The topological polar surface area (TPSA) is 95.8 Å². The van der Waals surface area contributed by atoms with Gasteiger partial charge in [0.1, 0.15) is 29.2 Å². The summed E-state index contributed by atoms with van der Waals surface area (Å²) in [6, 6.07) is 13.2. The molecule has 3 aromatic rings. The van der Waals surface area contributed by atoms with Crippen LogP contribution in [0.4, 0.5) is 19.0 Å². The number of anilines is 1. The van der Waals surface area contributed by atoms with E-state index in [0.717, 1.165) is 6.07 Å². The molecule has 38 heavy (non-hydrogen) atoms. The van der Waals surface area contributed by atoms with Gasteiger partial charge in [-0.1, -0.05) is 6.07 Å². The maximum absolute atomic E-state index is 14.7. The number of ether oxygens (including phenoxy) is 2. The Morgan fingerprint density at radius 1 is 1.08 bits per heavy atom.